The van der Waals surface area contributed by atoms with E-state index >= 15 is 0 Å². The van der Waals surface area contributed by atoms with E-state index in [1.54, 1.807) is 0 Å². The van der Waals surface area contributed by atoms with Gasteiger partial charge in [-0.3, -0.25) is 4.79 Å². The van der Waals surface area contributed by atoms with Gasteiger partial charge in [0.2, 0.25) is 5.91 Å². The summed E-state index contributed by atoms with van der Waals surface area (Å²) in [7, 11) is 0. The van der Waals surface area contributed by atoms with Gasteiger partial charge in [-0.15, -0.1) is 0 Å². The van der Waals surface area contributed by atoms with Crippen LogP contribution in [0.15, 0.2) is 0 Å². The molecule has 1 rings (SSSR count). The highest BCUT2D eigenvalue weighted by molar-refractivity contribution is 5.79. The van der Waals surface area contributed by atoms with Gasteiger partial charge in [0.1, 0.15) is 0 Å². The van der Waals surface area contributed by atoms with Gasteiger partial charge in [-0.1, -0.05) is 33.6 Å². The molecule has 0 aromatic heterocycles. The summed E-state index contributed by atoms with van der Waals surface area (Å²) >= 11 is 0. The molecule has 1 aliphatic rings. The maximum Gasteiger partial charge on any atom is 0.234 e. The second-order valence-corrected chi connectivity index (χ2v) is 5.83. The molecule has 1 amide bonds. The lowest BCUT2D eigenvalue weighted by atomic mass is 9.89. The van der Waals surface area contributed by atoms with Crippen molar-refractivity contribution in [2.75, 3.05) is 6.61 Å². The number of rotatable bonds is 7. The van der Waals surface area contributed by atoms with Gasteiger partial charge in [-0.2, -0.15) is 0 Å². The van der Waals surface area contributed by atoms with E-state index in [9.17, 15) is 4.79 Å². The molecule has 18 heavy (non-hydrogen) atoms. The van der Waals surface area contributed by atoms with Crippen LogP contribution in [-0.4, -0.2) is 30.7 Å². The molecule has 0 aromatic rings. The molecule has 0 aromatic carbocycles. The highest BCUT2D eigenvalue weighted by Gasteiger charge is 2.21. The monoisotopic (exact) mass is 256 g/mol. The van der Waals surface area contributed by atoms with Crippen molar-refractivity contribution < 1.29 is 9.53 Å². The van der Waals surface area contributed by atoms with E-state index in [-0.39, 0.29) is 18.0 Å². The fourth-order valence-electron chi connectivity index (χ4n) is 2.59. The number of carbonyl (C=O) groups is 1. The Morgan fingerprint density at radius 3 is 2.72 bits per heavy atom. The Morgan fingerprint density at radius 2 is 2.17 bits per heavy atom. The second-order valence-electron chi connectivity index (χ2n) is 5.83. The largest absolute Gasteiger partial charge is 0.378 e. The zero-order valence-electron chi connectivity index (χ0n) is 11.9. The van der Waals surface area contributed by atoms with Crippen LogP contribution in [0.1, 0.15) is 52.9 Å². The minimum absolute atomic E-state index is 0.261. The van der Waals surface area contributed by atoms with Gasteiger partial charge in [-0.25, -0.2) is 0 Å². The number of nitrogens with two attached hydrogens (primary N) is 1. The zero-order valence-corrected chi connectivity index (χ0v) is 11.9. The molecule has 4 heteroatoms. The van der Waals surface area contributed by atoms with E-state index in [0.717, 1.165) is 18.8 Å². The van der Waals surface area contributed by atoms with Gasteiger partial charge in [0, 0.05) is 12.6 Å². The molecule has 106 valence electrons. The summed E-state index contributed by atoms with van der Waals surface area (Å²) in [6.07, 6.45) is 5.93. The number of hydrogen-bond donors (Lipinski definition) is 2. The van der Waals surface area contributed by atoms with Gasteiger partial charge in [0.05, 0.1) is 12.1 Å². The Kier molecular flexibility index (Phi) is 6.65. The maximum atomic E-state index is 11.3. The zero-order chi connectivity index (χ0) is 13.5. The highest BCUT2D eigenvalue weighted by atomic mass is 16.5. The second kappa shape index (κ2) is 7.74. The third-order valence-corrected chi connectivity index (χ3v) is 3.53. The first-order valence-electron chi connectivity index (χ1n) is 7.16. The maximum absolute atomic E-state index is 11.3. The molecule has 3 unspecified atom stereocenters. The topological polar surface area (TPSA) is 64.3 Å². The van der Waals surface area contributed by atoms with Crippen LogP contribution >= 0.6 is 0 Å². The van der Waals surface area contributed by atoms with E-state index in [0.29, 0.717) is 19.1 Å². The third-order valence-electron chi connectivity index (χ3n) is 3.53. The Morgan fingerprint density at radius 1 is 1.44 bits per heavy atom. The Labute approximate surface area is 111 Å². The molecule has 0 saturated heterocycles. The van der Waals surface area contributed by atoms with Crippen molar-refractivity contribution in [2.24, 2.45) is 11.7 Å². The van der Waals surface area contributed by atoms with Gasteiger partial charge in [-0.05, 0) is 25.2 Å². The molecule has 4 nitrogen and oxygen atoms in total. The van der Waals surface area contributed by atoms with Crippen LogP contribution in [0, 0.1) is 5.92 Å². The molecule has 0 heterocycles. The van der Waals surface area contributed by atoms with E-state index < -0.39 is 0 Å². The van der Waals surface area contributed by atoms with E-state index in [4.69, 9.17) is 10.5 Å². The number of hydrogen-bond acceptors (Lipinski definition) is 3. The first-order chi connectivity index (χ1) is 8.49. The predicted molar refractivity (Wildman–Crippen MR) is 73.2 cm³/mol. The number of primary amides is 1. The van der Waals surface area contributed by atoms with Crippen LogP contribution in [0.25, 0.3) is 0 Å². The average molecular weight is 256 g/mol. The van der Waals surface area contributed by atoms with Crippen LogP contribution in [0.3, 0.4) is 0 Å². The van der Waals surface area contributed by atoms with Crippen molar-refractivity contribution in [3.05, 3.63) is 0 Å². The molecule has 0 aliphatic heterocycles. The molecular formula is C14H28N2O2. The summed E-state index contributed by atoms with van der Waals surface area (Å²) in [5, 5.41) is 3.17. The Hall–Kier alpha value is -0.610. The predicted octanol–water partition coefficient (Wildman–Crippen LogP) is 1.82. The SMILES string of the molecule is CC1CCCC(OCCC(NC(C)C)C(N)=O)C1. The van der Waals surface area contributed by atoms with Crippen LogP contribution in [-0.2, 0) is 9.53 Å². The van der Waals surface area contributed by atoms with Gasteiger partial charge in [0.25, 0.3) is 0 Å². The fourth-order valence-corrected chi connectivity index (χ4v) is 2.59. The van der Waals surface area contributed by atoms with Crippen molar-refractivity contribution >= 4 is 5.91 Å². The number of nitrogens with one attached hydrogen (secondary N) is 1. The molecule has 1 aliphatic carbocycles. The lowest BCUT2D eigenvalue weighted by Crippen LogP contribution is -2.45. The van der Waals surface area contributed by atoms with Crippen molar-refractivity contribution in [1.82, 2.24) is 5.32 Å². The van der Waals surface area contributed by atoms with E-state index in [1.807, 2.05) is 13.8 Å². The fraction of sp³-hybridized carbons (Fsp3) is 0.929. The molecule has 3 N–H and O–H groups in total. The van der Waals surface area contributed by atoms with E-state index in [2.05, 4.69) is 12.2 Å². The van der Waals surface area contributed by atoms with Crippen molar-refractivity contribution in [3.8, 4) is 0 Å². The van der Waals surface area contributed by atoms with Crippen molar-refractivity contribution in [3.63, 3.8) is 0 Å². The van der Waals surface area contributed by atoms with Gasteiger partial charge < -0.3 is 15.8 Å². The molecule has 0 bridgehead atoms. The summed E-state index contributed by atoms with van der Waals surface area (Å²) < 4.78 is 5.87. The first kappa shape index (κ1) is 15.4. The van der Waals surface area contributed by atoms with Crippen LogP contribution < -0.4 is 11.1 Å². The Balaban J connectivity index is 2.23. The summed E-state index contributed by atoms with van der Waals surface area (Å²) in [6, 6.07) is -0.0109. The quantitative estimate of drug-likeness (QED) is 0.730. The minimum atomic E-state index is -0.288. The molecule has 3 atom stereocenters. The third kappa shape index (κ3) is 5.83. The number of amides is 1. The summed E-state index contributed by atoms with van der Waals surface area (Å²) in [5.74, 6) is 0.480. The van der Waals surface area contributed by atoms with Gasteiger partial charge >= 0.3 is 0 Å². The first-order valence-corrected chi connectivity index (χ1v) is 7.16. The van der Waals surface area contributed by atoms with Crippen LogP contribution in [0.2, 0.25) is 0 Å². The number of carbonyl (C=O) groups excluding carboxylic acids is 1. The van der Waals surface area contributed by atoms with Crippen LogP contribution in [0.5, 0.6) is 0 Å². The smallest absolute Gasteiger partial charge is 0.234 e. The molecular weight excluding hydrogens is 228 g/mol. The van der Waals surface area contributed by atoms with Crippen molar-refractivity contribution in [1.29, 1.82) is 0 Å². The normalized spacial score (nSPS) is 26.2. The summed E-state index contributed by atoms with van der Waals surface area (Å²) in [6.45, 7) is 6.92. The lowest BCUT2D eigenvalue weighted by molar-refractivity contribution is -0.121. The standard InChI is InChI=1S/C14H28N2O2/c1-10(2)16-13(14(15)17)7-8-18-12-6-4-5-11(3)9-12/h10-13,16H,4-9H2,1-3H3,(H2,15,17). The minimum Gasteiger partial charge on any atom is -0.378 e. The molecule has 0 spiro atoms. The summed E-state index contributed by atoms with van der Waals surface area (Å²) in [5.41, 5.74) is 5.37. The molecule has 1 saturated carbocycles. The lowest BCUT2D eigenvalue weighted by Gasteiger charge is -2.27. The van der Waals surface area contributed by atoms with E-state index in [1.165, 1.54) is 12.8 Å². The van der Waals surface area contributed by atoms with Crippen molar-refractivity contribution in [2.45, 2.75) is 71.1 Å². The molecule has 1 fully saturated rings. The number of ether oxygens (including phenoxy) is 1. The van der Waals surface area contributed by atoms with Crippen LogP contribution in [0.4, 0.5) is 0 Å². The summed E-state index contributed by atoms with van der Waals surface area (Å²) in [4.78, 5) is 11.3. The molecule has 0 radical (unpaired) electrons. The average Bonchev–Trinajstić information content (AvgIpc) is 2.27. The Bertz CT molecular complexity index is 256. The highest BCUT2D eigenvalue weighted by Crippen LogP contribution is 2.25. The van der Waals surface area contributed by atoms with Gasteiger partial charge in [0.15, 0.2) is 0 Å².